The molecule has 2 unspecified atom stereocenters. The first-order valence-corrected chi connectivity index (χ1v) is 10.6. The minimum absolute atomic E-state index is 0.00583. The molecule has 1 amide bonds. The van der Waals surface area contributed by atoms with Gasteiger partial charge in [-0.3, -0.25) is 9.69 Å². The maximum absolute atomic E-state index is 12.6. The van der Waals surface area contributed by atoms with E-state index in [1.807, 2.05) is 18.2 Å². The van der Waals surface area contributed by atoms with Gasteiger partial charge in [0.2, 0.25) is 17.6 Å². The van der Waals surface area contributed by atoms with Crippen molar-refractivity contribution in [3.63, 3.8) is 0 Å². The van der Waals surface area contributed by atoms with Crippen LogP contribution in [-0.4, -0.2) is 54.3 Å². The summed E-state index contributed by atoms with van der Waals surface area (Å²) >= 11 is 0. The number of nitrogens with one attached hydrogen (secondary N) is 1. The summed E-state index contributed by atoms with van der Waals surface area (Å²) in [5, 5.41) is 7.25. The molecule has 0 bridgehead atoms. The predicted octanol–water partition coefficient (Wildman–Crippen LogP) is 3.27. The number of ether oxygens (including phenoxy) is 2. The highest BCUT2D eigenvalue weighted by molar-refractivity contribution is 5.79. The van der Waals surface area contributed by atoms with Crippen LogP contribution in [0.5, 0.6) is 11.5 Å². The third kappa shape index (κ3) is 5.50. The minimum atomic E-state index is 0.00583. The van der Waals surface area contributed by atoms with Gasteiger partial charge in [0.05, 0.1) is 26.7 Å². The number of hydrogen-bond acceptors (Lipinski definition) is 7. The summed E-state index contributed by atoms with van der Waals surface area (Å²) in [4.78, 5) is 19.3. The summed E-state index contributed by atoms with van der Waals surface area (Å²) in [5.41, 5.74) is 0.795. The van der Waals surface area contributed by atoms with E-state index in [2.05, 4.69) is 34.2 Å². The Hall–Kier alpha value is -2.61. The van der Waals surface area contributed by atoms with Gasteiger partial charge in [0.1, 0.15) is 0 Å². The summed E-state index contributed by atoms with van der Waals surface area (Å²) < 4.78 is 16.1. The van der Waals surface area contributed by atoms with Crippen LogP contribution < -0.4 is 14.8 Å². The SMILES string of the molecule is CCCC(C)NC(=O)C1CCCN(Cc2nc(-c3ccc(OC)c(OC)c3)no2)C1. The number of carbonyl (C=O) groups excluding carboxylic acids is 1. The number of nitrogens with zero attached hydrogens (tertiary/aromatic N) is 3. The molecule has 2 aromatic rings. The third-order valence-electron chi connectivity index (χ3n) is 5.46. The molecular weight excluding hydrogens is 384 g/mol. The number of carbonyl (C=O) groups is 1. The molecule has 164 valence electrons. The first kappa shape index (κ1) is 22.1. The normalized spacial score (nSPS) is 18.1. The molecule has 8 heteroatoms. The van der Waals surface area contributed by atoms with Crippen LogP contribution in [0.3, 0.4) is 0 Å². The van der Waals surface area contributed by atoms with Crippen molar-refractivity contribution in [1.29, 1.82) is 0 Å². The number of amides is 1. The molecule has 30 heavy (non-hydrogen) atoms. The Balaban J connectivity index is 1.61. The molecule has 0 saturated carbocycles. The van der Waals surface area contributed by atoms with Crippen LogP contribution in [0.1, 0.15) is 45.4 Å². The summed E-state index contributed by atoms with van der Waals surface area (Å²) in [6.45, 7) is 6.36. The average molecular weight is 417 g/mol. The Labute approximate surface area is 177 Å². The number of likely N-dealkylation sites (tertiary alicyclic amines) is 1. The zero-order chi connectivity index (χ0) is 21.5. The van der Waals surface area contributed by atoms with Gasteiger partial charge in [0, 0.05) is 18.2 Å². The quantitative estimate of drug-likeness (QED) is 0.671. The lowest BCUT2D eigenvalue weighted by atomic mass is 9.96. The van der Waals surface area contributed by atoms with E-state index in [0.29, 0.717) is 36.3 Å². The number of methoxy groups -OCH3 is 2. The molecule has 1 N–H and O–H groups in total. The Morgan fingerprint density at radius 1 is 1.33 bits per heavy atom. The van der Waals surface area contributed by atoms with E-state index in [9.17, 15) is 4.79 Å². The lowest BCUT2D eigenvalue weighted by Gasteiger charge is -2.31. The lowest BCUT2D eigenvalue weighted by molar-refractivity contribution is -0.127. The van der Waals surface area contributed by atoms with Crippen molar-refractivity contribution in [1.82, 2.24) is 20.4 Å². The molecule has 8 nitrogen and oxygen atoms in total. The monoisotopic (exact) mass is 416 g/mol. The van der Waals surface area contributed by atoms with Crippen LogP contribution in [0.15, 0.2) is 22.7 Å². The second-order valence-corrected chi connectivity index (χ2v) is 7.85. The van der Waals surface area contributed by atoms with Gasteiger partial charge in [-0.25, -0.2) is 0 Å². The third-order valence-corrected chi connectivity index (χ3v) is 5.46. The minimum Gasteiger partial charge on any atom is -0.493 e. The van der Waals surface area contributed by atoms with Crippen molar-refractivity contribution in [3.05, 3.63) is 24.1 Å². The Morgan fingerprint density at radius 3 is 2.87 bits per heavy atom. The number of rotatable bonds is 9. The summed E-state index contributed by atoms with van der Waals surface area (Å²) in [6, 6.07) is 5.73. The first-order valence-electron chi connectivity index (χ1n) is 10.6. The molecule has 1 saturated heterocycles. The van der Waals surface area contributed by atoms with E-state index in [1.165, 1.54) is 0 Å². The van der Waals surface area contributed by atoms with Crippen molar-refractivity contribution < 1.29 is 18.8 Å². The highest BCUT2D eigenvalue weighted by Crippen LogP contribution is 2.31. The van der Waals surface area contributed by atoms with Crippen LogP contribution >= 0.6 is 0 Å². The van der Waals surface area contributed by atoms with Crippen LogP contribution in [0.2, 0.25) is 0 Å². The molecule has 1 fully saturated rings. The number of hydrogen-bond donors (Lipinski definition) is 1. The number of aromatic nitrogens is 2. The van der Waals surface area contributed by atoms with E-state index in [4.69, 9.17) is 14.0 Å². The van der Waals surface area contributed by atoms with Gasteiger partial charge in [-0.1, -0.05) is 18.5 Å². The standard InChI is InChI=1S/C22H32N4O4/c1-5-7-15(2)23-22(27)17-8-6-11-26(13-17)14-20-24-21(25-30-20)16-9-10-18(28-3)19(12-16)29-4/h9-10,12,15,17H,5-8,11,13-14H2,1-4H3,(H,23,27). The van der Waals surface area contributed by atoms with Gasteiger partial charge < -0.3 is 19.3 Å². The van der Waals surface area contributed by atoms with Crippen LogP contribution in [0.4, 0.5) is 0 Å². The molecular formula is C22H32N4O4. The Kier molecular flexibility index (Phi) is 7.68. The van der Waals surface area contributed by atoms with Crippen LogP contribution in [0, 0.1) is 5.92 Å². The van der Waals surface area contributed by atoms with E-state index in [-0.39, 0.29) is 17.9 Å². The predicted molar refractivity (Wildman–Crippen MR) is 113 cm³/mol. The molecule has 1 aliphatic heterocycles. The lowest BCUT2D eigenvalue weighted by Crippen LogP contribution is -2.45. The number of benzene rings is 1. The van der Waals surface area contributed by atoms with Gasteiger partial charge in [0.25, 0.3) is 0 Å². The first-order chi connectivity index (χ1) is 14.5. The average Bonchev–Trinajstić information content (AvgIpc) is 3.22. The summed E-state index contributed by atoms with van der Waals surface area (Å²) in [5.74, 6) is 2.47. The van der Waals surface area contributed by atoms with E-state index in [0.717, 1.165) is 37.8 Å². The van der Waals surface area contributed by atoms with Gasteiger partial charge in [-0.15, -0.1) is 0 Å². The molecule has 3 rings (SSSR count). The van der Waals surface area contributed by atoms with Crippen molar-refractivity contribution in [3.8, 4) is 22.9 Å². The summed E-state index contributed by atoms with van der Waals surface area (Å²) in [7, 11) is 3.19. The van der Waals surface area contributed by atoms with E-state index in [1.54, 1.807) is 14.2 Å². The molecule has 2 atom stereocenters. The molecule has 0 aliphatic carbocycles. The highest BCUT2D eigenvalue weighted by Gasteiger charge is 2.27. The van der Waals surface area contributed by atoms with Crippen molar-refractivity contribution >= 4 is 5.91 Å². The van der Waals surface area contributed by atoms with Gasteiger partial charge in [0.15, 0.2) is 11.5 Å². The second kappa shape index (κ2) is 10.4. The van der Waals surface area contributed by atoms with Gasteiger partial charge in [-0.05, 0) is 50.9 Å². The smallest absolute Gasteiger partial charge is 0.241 e. The van der Waals surface area contributed by atoms with Crippen molar-refractivity contribution in [2.24, 2.45) is 5.92 Å². The van der Waals surface area contributed by atoms with Gasteiger partial charge >= 0.3 is 0 Å². The van der Waals surface area contributed by atoms with Crippen molar-refractivity contribution in [2.75, 3.05) is 27.3 Å². The highest BCUT2D eigenvalue weighted by atomic mass is 16.5. The molecule has 2 heterocycles. The van der Waals surface area contributed by atoms with Crippen LogP contribution in [0.25, 0.3) is 11.4 Å². The summed E-state index contributed by atoms with van der Waals surface area (Å²) in [6.07, 6.45) is 3.97. The zero-order valence-corrected chi connectivity index (χ0v) is 18.3. The molecule has 0 radical (unpaired) electrons. The fourth-order valence-electron chi connectivity index (χ4n) is 3.88. The number of piperidine rings is 1. The maximum Gasteiger partial charge on any atom is 0.241 e. The fourth-order valence-corrected chi connectivity index (χ4v) is 3.88. The topological polar surface area (TPSA) is 89.7 Å². The van der Waals surface area contributed by atoms with Crippen molar-refractivity contribution in [2.45, 2.75) is 52.1 Å². The molecule has 0 spiro atoms. The molecule has 1 aromatic carbocycles. The van der Waals surface area contributed by atoms with Crippen LogP contribution in [-0.2, 0) is 11.3 Å². The Bertz CT molecular complexity index is 838. The largest absolute Gasteiger partial charge is 0.493 e. The second-order valence-electron chi connectivity index (χ2n) is 7.85. The van der Waals surface area contributed by atoms with E-state index >= 15 is 0 Å². The molecule has 1 aromatic heterocycles. The fraction of sp³-hybridized carbons (Fsp3) is 0.591. The Morgan fingerprint density at radius 2 is 2.13 bits per heavy atom. The van der Waals surface area contributed by atoms with Gasteiger partial charge in [-0.2, -0.15) is 4.98 Å². The maximum atomic E-state index is 12.6. The molecule has 1 aliphatic rings. The van der Waals surface area contributed by atoms with E-state index < -0.39 is 0 Å². The zero-order valence-electron chi connectivity index (χ0n) is 18.3.